The molecular formula is C29H39N3O5S. The predicted octanol–water partition coefficient (Wildman–Crippen LogP) is 5.42. The van der Waals surface area contributed by atoms with Crippen molar-refractivity contribution in [2.24, 2.45) is 0 Å². The molecule has 3 aromatic rings. The Balaban J connectivity index is 1.68. The molecule has 0 unspecified atom stereocenters. The van der Waals surface area contributed by atoms with E-state index in [1.165, 1.54) is 5.56 Å². The van der Waals surface area contributed by atoms with Crippen LogP contribution in [0.1, 0.15) is 50.0 Å². The molecule has 1 fully saturated rings. The molecule has 0 spiro atoms. The second kappa shape index (κ2) is 13.8. The van der Waals surface area contributed by atoms with Crippen LogP contribution in [0, 0.1) is 0 Å². The van der Waals surface area contributed by atoms with E-state index in [9.17, 15) is 4.79 Å². The van der Waals surface area contributed by atoms with Gasteiger partial charge in [0.25, 0.3) is 5.91 Å². The lowest BCUT2D eigenvalue weighted by atomic mass is 10.1. The van der Waals surface area contributed by atoms with Crippen molar-refractivity contribution in [2.45, 2.75) is 40.5 Å². The molecule has 1 amide bonds. The highest BCUT2D eigenvalue weighted by atomic mass is 32.1. The summed E-state index contributed by atoms with van der Waals surface area (Å²) in [5.41, 5.74) is 2.65. The van der Waals surface area contributed by atoms with E-state index < -0.39 is 0 Å². The number of hydrogen-bond acceptors (Lipinski definition) is 8. The number of benzene rings is 2. The Hall–Kier alpha value is -2.88. The van der Waals surface area contributed by atoms with Gasteiger partial charge in [-0.25, -0.2) is 4.98 Å². The van der Waals surface area contributed by atoms with Crippen LogP contribution >= 0.6 is 11.3 Å². The van der Waals surface area contributed by atoms with Crippen LogP contribution in [0.5, 0.6) is 17.2 Å². The molecule has 0 saturated carbocycles. The number of ether oxygens (including phenoxy) is 4. The van der Waals surface area contributed by atoms with Gasteiger partial charge in [0.05, 0.1) is 43.3 Å². The van der Waals surface area contributed by atoms with Gasteiger partial charge in [0.2, 0.25) is 5.75 Å². The topological polar surface area (TPSA) is 73.4 Å². The molecule has 2 heterocycles. The van der Waals surface area contributed by atoms with Crippen LogP contribution in [0.3, 0.4) is 0 Å². The molecule has 0 bridgehead atoms. The minimum Gasteiger partial charge on any atom is -0.490 e. The fraction of sp³-hybridized carbons (Fsp3) is 0.517. The van der Waals surface area contributed by atoms with Crippen LogP contribution in [0.4, 0.5) is 5.13 Å². The van der Waals surface area contributed by atoms with Gasteiger partial charge in [0.15, 0.2) is 16.6 Å². The molecule has 1 aromatic heterocycles. The van der Waals surface area contributed by atoms with Crippen molar-refractivity contribution in [1.29, 1.82) is 0 Å². The first-order chi connectivity index (χ1) is 18.6. The molecule has 206 valence electrons. The van der Waals surface area contributed by atoms with Crippen LogP contribution in [-0.4, -0.2) is 75.0 Å². The first-order valence-electron chi connectivity index (χ1n) is 13.7. The number of rotatable bonds is 13. The zero-order chi connectivity index (χ0) is 26.9. The maximum absolute atomic E-state index is 14.1. The average Bonchev–Trinajstić information content (AvgIpc) is 3.36. The lowest BCUT2D eigenvalue weighted by Crippen LogP contribution is -2.39. The van der Waals surface area contributed by atoms with Crippen molar-refractivity contribution in [3.05, 3.63) is 41.5 Å². The maximum Gasteiger partial charge on any atom is 0.260 e. The molecular weight excluding hydrogens is 502 g/mol. The van der Waals surface area contributed by atoms with Crippen molar-refractivity contribution >= 4 is 32.6 Å². The minimum atomic E-state index is -0.133. The maximum atomic E-state index is 14.1. The van der Waals surface area contributed by atoms with Gasteiger partial charge in [0, 0.05) is 31.7 Å². The highest BCUT2D eigenvalue weighted by molar-refractivity contribution is 7.22. The molecule has 2 aromatic carbocycles. The molecule has 0 N–H and O–H groups in total. The fourth-order valence-electron chi connectivity index (χ4n) is 4.52. The number of carbonyl (C=O) groups is 1. The zero-order valence-electron chi connectivity index (χ0n) is 23.0. The van der Waals surface area contributed by atoms with E-state index in [1.807, 2.05) is 26.8 Å². The number of carbonyl (C=O) groups excluding carboxylic acids is 1. The Morgan fingerprint density at radius 3 is 2.32 bits per heavy atom. The van der Waals surface area contributed by atoms with E-state index in [0.29, 0.717) is 54.3 Å². The Labute approximate surface area is 229 Å². The Morgan fingerprint density at radius 1 is 1.00 bits per heavy atom. The molecule has 4 rings (SSSR count). The predicted molar refractivity (Wildman–Crippen MR) is 152 cm³/mol. The summed E-state index contributed by atoms with van der Waals surface area (Å²) < 4.78 is 24.2. The van der Waals surface area contributed by atoms with Crippen LogP contribution in [0.2, 0.25) is 0 Å². The number of morpholine rings is 1. The molecule has 9 heteroatoms. The van der Waals surface area contributed by atoms with Gasteiger partial charge >= 0.3 is 0 Å². The summed E-state index contributed by atoms with van der Waals surface area (Å²) in [6.45, 7) is 14.0. The normalized spacial score (nSPS) is 14.0. The third-order valence-electron chi connectivity index (χ3n) is 6.44. The van der Waals surface area contributed by atoms with Crippen molar-refractivity contribution in [2.75, 3.05) is 64.1 Å². The standard InChI is InChI=1S/C29H39N3O5S/c1-5-21-10-11-23-26(18-21)38-29(30-23)32(13-9-12-31-14-16-34-17-15-31)28(33)22-19-24(35-6-2)27(37-8-4)25(20-22)36-7-3/h10-11,18-20H,5-9,12-17H2,1-4H3. The number of aryl methyl sites for hydroxylation is 1. The largest absolute Gasteiger partial charge is 0.490 e. The van der Waals surface area contributed by atoms with Gasteiger partial charge in [-0.05, 0) is 63.4 Å². The van der Waals surface area contributed by atoms with Gasteiger partial charge in [-0.3, -0.25) is 14.6 Å². The van der Waals surface area contributed by atoms with Gasteiger partial charge in [-0.15, -0.1) is 0 Å². The summed E-state index contributed by atoms with van der Waals surface area (Å²) >= 11 is 1.56. The van der Waals surface area contributed by atoms with Crippen molar-refractivity contribution in [1.82, 2.24) is 9.88 Å². The van der Waals surface area contributed by atoms with E-state index in [2.05, 4.69) is 24.0 Å². The number of aromatic nitrogens is 1. The van der Waals surface area contributed by atoms with Crippen LogP contribution in [-0.2, 0) is 11.2 Å². The van der Waals surface area contributed by atoms with Crippen molar-refractivity contribution < 1.29 is 23.7 Å². The van der Waals surface area contributed by atoms with Gasteiger partial charge in [-0.2, -0.15) is 0 Å². The zero-order valence-corrected chi connectivity index (χ0v) is 23.8. The van der Waals surface area contributed by atoms with Gasteiger partial charge in [0.1, 0.15) is 0 Å². The fourth-order valence-corrected chi connectivity index (χ4v) is 5.58. The van der Waals surface area contributed by atoms with E-state index in [4.69, 9.17) is 23.9 Å². The first-order valence-corrected chi connectivity index (χ1v) is 14.5. The Morgan fingerprint density at radius 2 is 1.68 bits per heavy atom. The summed E-state index contributed by atoms with van der Waals surface area (Å²) in [7, 11) is 0. The van der Waals surface area contributed by atoms with E-state index in [1.54, 1.807) is 28.4 Å². The van der Waals surface area contributed by atoms with Crippen molar-refractivity contribution in [3.8, 4) is 17.2 Å². The number of fused-ring (bicyclic) bond motifs is 1. The molecule has 38 heavy (non-hydrogen) atoms. The number of amides is 1. The highest BCUT2D eigenvalue weighted by Gasteiger charge is 2.25. The van der Waals surface area contributed by atoms with E-state index in [-0.39, 0.29) is 5.91 Å². The first kappa shape index (κ1) is 28.1. The number of hydrogen-bond donors (Lipinski definition) is 0. The summed E-state index contributed by atoms with van der Waals surface area (Å²) in [5.74, 6) is 1.41. The lowest BCUT2D eigenvalue weighted by Gasteiger charge is -2.28. The molecule has 1 aliphatic rings. The summed E-state index contributed by atoms with van der Waals surface area (Å²) in [6.07, 6.45) is 1.79. The Bertz CT molecular complexity index is 1180. The second-order valence-electron chi connectivity index (χ2n) is 9.02. The molecule has 1 saturated heterocycles. The third kappa shape index (κ3) is 6.76. The summed E-state index contributed by atoms with van der Waals surface area (Å²) in [4.78, 5) is 23.2. The smallest absolute Gasteiger partial charge is 0.260 e. The molecule has 0 radical (unpaired) electrons. The monoisotopic (exact) mass is 541 g/mol. The minimum absolute atomic E-state index is 0.133. The third-order valence-corrected chi connectivity index (χ3v) is 7.48. The van der Waals surface area contributed by atoms with Crippen molar-refractivity contribution in [3.63, 3.8) is 0 Å². The van der Waals surface area contributed by atoms with E-state index >= 15 is 0 Å². The molecule has 0 aliphatic carbocycles. The summed E-state index contributed by atoms with van der Waals surface area (Å²) in [6, 6.07) is 9.84. The SMILES string of the molecule is CCOc1cc(C(=O)N(CCCN2CCOCC2)c2nc3ccc(CC)cc3s2)cc(OCC)c1OCC. The van der Waals surface area contributed by atoms with E-state index in [0.717, 1.165) is 55.9 Å². The second-order valence-corrected chi connectivity index (χ2v) is 10.0. The molecule has 0 atom stereocenters. The Kier molecular flexibility index (Phi) is 10.2. The highest BCUT2D eigenvalue weighted by Crippen LogP contribution is 2.40. The molecule has 8 nitrogen and oxygen atoms in total. The van der Waals surface area contributed by atoms with Crippen LogP contribution in [0.25, 0.3) is 10.2 Å². The quantitative estimate of drug-likeness (QED) is 0.286. The lowest BCUT2D eigenvalue weighted by molar-refractivity contribution is 0.0376. The number of nitrogens with zero attached hydrogens (tertiary/aromatic N) is 3. The van der Waals surface area contributed by atoms with Gasteiger partial charge in [-0.1, -0.05) is 24.3 Å². The molecule has 1 aliphatic heterocycles. The number of thiazole rings is 1. The summed E-state index contributed by atoms with van der Waals surface area (Å²) in [5, 5.41) is 0.699. The number of anilines is 1. The average molecular weight is 542 g/mol. The van der Waals surface area contributed by atoms with Gasteiger partial charge < -0.3 is 18.9 Å². The van der Waals surface area contributed by atoms with Crippen LogP contribution in [0.15, 0.2) is 30.3 Å². The van der Waals surface area contributed by atoms with Crippen LogP contribution < -0.4 is 19.1 Å².